The van der Waals surface area contributed by atoms with E-state index in [2.05, 4.69) is 61.8 Å². The third-order valence-corrected chi connectivity index (χ3v) is 5.46. The lowest BCUT2D eigenvalue weighted by Crippen LogP contribution is -2.45. The molecule has 0 spiro atoms. The Balaban J connectivity index is 1.78. The number of hydrogen-bond acceptors (Lipinski definition) is 4. The molecule has 0 bridgehead atoms. The van der Waals surface area contributed by atoms with Gasteiger partial charge >= 0.3 is 0 Å². The molecule has 0 atom stereocenters. The van der Waals surface area contributed by atoms with Crippen molar-refractivity contribution >= 4 is 8.32 Å². The molecule has 24 heavy (non-hydrogen) atoms. The van der Waals surface area contributed by atoms with Crippen LogP contribution in [0.3, 0.4) is 0 Å². The highest BCUT2D eigenvalue weighted by Crippen LogP contribution is 2.26. The first-order valence-corrected chi connectivity index (χ1v) is 12.2. The van der Waals surface area contributed by atoms with Gasteiger partial charge in [-0.15, -0.1) is 0 Å². The number of benzene rings is 1. The summed E-state index contributed by atoms with van der Waals surface area (Å²) in [6.45, 7) is 12.4. The second kappa shape index (κ2) is 8.26. The average Bonchev–Trinajstić information content (AvgIpc) is 2.55. The van der Waals surface area contributed by atoms with E-state index in [9.17, 15) is 5.26 Å². The summed E-state index contributed by atoms with van der Waals surface area (Å²) < 4.78 is 11.8. The predicted molar refractivity (Wildman–Crippen MR) is 99.3 cm³/mol. The van der Waals surface area contributed by atoms with E-state index in [1.165, 1.54) is 11.1 Å². The monoisotopic (exact) mass is 346 g/mol. The Labute approximate surface area is 147 Å². The van der Waals surface area contributed by atoms with Gasteiger partial charge in [0.1, 0.15) is 0 Å². The highest BCUT2D eigenvalue weighted by Gasteiger charge is 2.35. The number of rotatable bonds is 7. The fourth-order valence-corrected chi connectivity index (χ4v) is 3.59. The Morgan fingerprint density at radius 3 is 2.29 bits per heavy atom. The van der Waals surface area contributed by atoms with Gasteiger partial charge in [-0.1, -0.05) is 29.8 Å². The minimum absolute atomic E-state index is 0.510. The first-order chi connectivity index (χ1) is 11.3. The minimum Gasteiger partial charge on any atom is -0.415 e. The van der Waals surface area contributed by atoms with E-state index in [-0.39, 0.29) is 0 Å². The Morgan fingerprint density at radius 2 is 1.75 bits per heavy atom. The fraction of sp³-hybridized carbons (Fsp3) is 0.632. The number of piperidine rings is 1. The molecule has 1 aromatic carbocycles. The zero-order valence-corrected chi connectivity index (χ0v) is 16.5. The van der Waals surface area contributed by atoms with Gasteiger partial charge in [0.15, 0.2) is 13.9 Å². The van der Waals surface area contributed by atoms with Crippen molar-refractivity contribution in [3.8, 4) is 6.07 Å². The first kappa shape index (κ1) is 19.1. The molecule has 5 heteroatoms. The number of aryl methyl sites for hydroxylation is 1. The number of nitrogens with zero attached hydrogens (tertiary/aromatic N) is 2. The first-order valence-electron chi connectivity index (χ1n) is 8.79. The van der Waals surface area contributed by atoms with Crippen LogP contribution < -0.4 is 0 Å². The quantitative estimate of drug-likeness (QED) is 0.557. The van der Waals surface area contributed by atoms with E-state index in [1.807, 2.05) is 0 Å². The number of ether oxygens (including phenoxy) is 1. The predicted octanol–water partition coefficient (Wildman–Crippen LogP) is 3.72. The maximum atomic E-state index is 9.58. The van der Waals surface area contributed by atoms with Crippen LogP contribution >= 0.6 is 0 Å². The van der Waals surface area contributed by atoms with Crippen molar-refractivity contribution in [2.24, 2.45) is 0 Å². The molecule has 4 nitrogen and oxygen atoms in total. The SMILES string of the molecule is Cc1ccc(CN2CCC(C#N)(OCCO[Si](C)(C)C)CC2)cc1. The normalized spacial score (nSPS) is 18.3. The summed E-state index contributed by atoms with van der Waals surface area (Å²) in [5.74, 6) is 0. The smallest absolute Gasteiger partial charge is 0.183 e. The van der Waals surface area contributed by atoms with Gasteiger partial charge in [0.25, 0.3) is 0 Å². The molecule has 0 N–H and O–H groups in total. The van der Waals surface area contributed by atoms with Crippen molar-refractivity contribution in [2.45, 2.75) is 51.6 Å². The van der Waals surface area contributed by atoms with Crippen LogP contribution in [0.15, 0.2) is 24.3 Å². The molecule has 2 rings (SSSR count). The van der Waals surface area contributed by atoms with Crippen LogP contribution in [0.1, 0.15) is 24.0 Å². The topological polar surface area (TPSA) is 45.5 Å². The van der Waals surface area contributed by atoms with E-state index >= 15 is 0 Å². The lowest BCUT2D eigenvalue weighted by atomic mass is 9.92. The zero-order valence-electron chi connectivity index (χ0n) is 15.5. The summed E-state index contributed by atoms with van der Waals surface area (Å²) in [7, 11) is -1.51. The van der Waals surface area contributed by atoms with Gasteiger partial charge in [-0.05, 0) is 32.1 Å². The summed E-state index contributed by atoms with van der Waals surface area (Å²) >= 11 is 0. The van der Waals surface area contributed by atoms with E-state index < -0.39 is 13.9 Å². The second-order valence-electron chi connectivity index (χ2n) is 7.68. The molecule has 1 heterocycles. The summed E-state index contributed by atoms with van der Waals surface area (Å²) in [6.07, 6.45) is 1.53. The van der Waals surface area contributed by atoms with Crippen LogP contribution in [0.5, 0.6) is 0 Å². The largest absolute Gasteiger partial charge is 0.415 e. The second-order valence-corrected chi connectivity index (χ2v) is 12.2. The molecule has 0 aliphatic carbocycles. The van der Waals surface area contributed by atoms with Gasteiger partial charge in [-0.2, -0.15) is 5.26 Å². The summed E-state index contributed by atoms with van der Waals surface area (Å²) in [5.41, 5.74) is 1.98. The summed E-state index contributed by atoms with van der Waals surface area (Å²) in [5, 5.41) is 9.58. The van der Waals surface area contributed by atoms with Crippen molar-refractivity contribution in [1.82, 2.24) is 4.90 Å². The van der Waals surface area contributed by atoms with Crippen molar-refractivity contribution in [1.29, 1.82) is 5.26 Å². The molecule has 132 valence electrons. The van der Waals surface area contributed by atoms with E-state index in [1.54, 1.807) is 0 Å². The lowest BCUT2D eigenvalue weighted by molar-refractivity contribution is -0.0547. The molecule has 1 fully saturated rings. The van der Waals surface area contributed by atoms with Crippen molar-refractivity contribution in [3.05, 3.63) is 35.4 Å². The van der Waals surface area contributed by atoms with Crippen LogP contribution in [-0.2, 0) is 15.7 Å². The maximum Gasteiger partial charge on any atom is 0.183 e. The van der Waals surface area contributed by atoms with Crippen LogP contribution in [0.25, 0.3) is 0 Å². The molecule has 0 aromatic heterocycles. The van der Waals surface area contributed by atoms with Gasteiger partial charge in [0.05, 0.1) is 19.3 Å². The third kappa shape index (κ3) is 6.03. The molecular formula is C19H30N2O2Si. The number of hydrogen-bond donors (Lipinski definition) is 0. The number of nitriles is 1. The third-order valence-electron chi connectivity index (χ3n) is 4.39. The lowest BCUT2D eigenvalue weighted by Gasteiger charge is -2.37. The van der Waals surface area contributed by atoms with E-state index in [0.717, 1.165) is 32.5 Å². The van der Waals surface area contributed by atoms with Crippen LogP contribution in [0, 0.1) is 18.3 Å². The van der Waals surface area contributed by atoms with Gasteiger partial charge in [-0.25, -0.2) is 0 Å². The average molecular weight is 347 g/mol. The van der Waals surface area contributed by atoms with Gasteiger partial charge < -0.3 is 9.16 Å². The Bertz CT molecular complexity index is 552. The maximum absolute atomic E-state index is 9.58. The van der Waals surface area contributed by atoms with Crippen LogP contribution in [0.2, 0.25) is 19.6 Å². The van der Waals surface area contributed by atoms with Gasteiger partial charge in [-0.3, -0.25) is 4.90 Å². The molecule has 0 unspecified atom stereocenters. The summed E-state index contributed by atoms with van der Waals surface area (Å²) in [4.78, 5) is 2.40. The standard InChI is InChI=1S/C19H30N2O2Si/c1-17-5-7-18(8-6-17)15-21-11-9-19(16-20,10-12-21)22-13-14-23-24(2,3)4/h5-8H,9-15H2,1-4H3. The molecule has 1 saturated heterocycles. The molecule has 1 aromatic rings. The van der Waals surface area contributed by atoms with Crippen molar-refractivity contribution in [3.63, 3.8) is 0 Å². The Hall–Kier alpha value is -1.19. The van der Waals surface area contributed by atoms with Gasteiger partial charge in [0, 0.05) is 32.5 Å². The van der Waals surface area contributed by atoms with Crippen molar-refractivity contribution < 1.29 is 9.16 Å². The highest BCUT2D eigenvalue weighted by molar-refractivity contribution is 6.69. The molecule has 1 aliphatic rings. The Morgan fingerprint density at radius 1 is 1.12 bits per heavy atom. The fourth-order valence-electron chi connectivity index (χ4n) is 2.90. The molecule has 0 amide bonds. The highest BCUT2D eigenvalue weighted by atomic mass is 28.4. The van der Waals surface area contributed by atoms with Crippen LogP contribution in [0.4, 0.5) is 0 Å². The molecule has 0 saturated carbocycles. The van der Waals surface area contributed by atoms with E-state index in [4.69, 9.17) is 9.16 Å². The van der Waals surface area contributed by atoms with E-state index in [0.29, 0.717) is 13.2 Å². The Kier molecular flexibility index (Phi) is 6.59. The summed E-state index contributed by atoms with van der Waals surface area (Å²) in [6, 6.07) is 11.1. The molecule has 0 radical (unpaired) electrons. The van der Waals surface area contributed by atoms with Crippen molar-refractivity contribution in [2.75, 3.05) is 26.3 Å². The zero-order chi connectivity index (χ0) is 17.6. The molecule has 1 aliphatic heterocycles. The van der Waals surface area contributed by atoms with Crippen LogP contribution in [-0.4, -0.2) is 45.1 Å². The number of likely N-dealkylation sites (tertiary alicyclic amines) is 1. The molecular weight excluding hydrogens is 316 g/mol. The minimum atomic E-state index is -1.51. The van der Waals surface area contributed by atoms with Gasteiger partial charge in [0.2, 0.25) is 0 Å².